The van der Waals surface area contributed by atoms with Gasteiger partial charge in [-0.1, -0.05) is 41.9 Å². The van der Waals surface area contributed by atoms with Gasteiger partial charge in [0.05, 0.1) is 29.2 Å². The Morgan fingerprint density at radius 1 is 0.935 bits per heavy atom. The molecule has 0 aliphatic heterocycles. The summed E-state index contributed by atoms with van der Waals surface area (Å²) in [5, 5.41) is 3.81. The van der Waals surface area contributed by atoms with E-state index in [1.807, 2.05) is 83.4 Å². The van der Waals surface area contributed by atoms with Crippen LogP contribution in [0.1, 0.15) is 0 Å². The van der Waals surface area contributed by atoms with E-state index in [9.17, 15) is 0 Å². The Kier molecular flexibility index (Phi) is 4.98. The van der Waals surface area contributed by atoms with Crippen molar-refractivity contribution in [3.63, 3.8) is 0 Å². The van der Waals surface area contributed by atoms with Crippen molar-refractivity contribution in [3.05, 3.63) is 90.2 Å². The number of anilines is 2. The fourth-order valence-corrected chi connectivity index (χ4v) is 3.66. The van der Waals surface area contributed by atoms with Gasteiger partial charge in [0, 0.05) is 23.6 Å². The molecule has 31 heavy (non-hydrogen) atoms. The first-order chi connectivity index (χ1) is 15.2. The lowest BCUT2D eigenvalue weighted by Gasteiger charge is -2.09. The molecule has 0 unspecified atom stereocenters. The summed E-state index contributed by atoms with van der Waals surface area (Å²) in [4.78, 5) is 14.0. The average Bonchev–Trinajstić information content (AvgIpc) is 3.21. The Morgan fingerprint density at radius 2 is 1.81 bits per heavy atom. The van der Waals surface area contributed by atoms with Gasteiger partial charge in [0.25, 0.3) is 0 Å². The fourth-order valence-electron chi connectivity index (χ4n) is 3.45. The van der Waals surface area contributed by atoms with Crippen LogP contribution in [0, 0.1) is 0 Å². The number of methoxy groups -OCH3 is 1. The van der Waals surface area contributed by atoms with Gasteiger partial charge in [0.1, 0.15) is 5.75 Å². The first-order valence-corrected chi connectivity index (χ1v) is 10.1. The Balaban J connectivity index is 1.69. The predicted octanol–water partition coefficient (Wildman–Crippen LogP) is 5.86. The number of rotatable bonds is 5. The Hall–Kier alpha value is -3.90. The molecule has 6 nitrogen and oxygen atoms in total. The summed E-state index contributed by atoms with van der Waals surface area (Å²) in [6.45, 7) is 0. The molecule has 0 amide bonds. The van der Waals surface area contributed by atoms with Crippen LogP contribution < -0.4 is 10.1 Å². The zero-order valence-electron chi connectivity index (χ0n) is 16.7. The number of ether oxygens (including phenoxy) is 1. The number of hydrogen-bond acceptors (Lipinski definition) is 5. The number of nitrogens with one attached hydrogen (secondary N) is 1. The Morgan fingerprint density at radius 3 is 2.65 bits per heavy atom. The van der Waals surface area contributed by atoms with Crippen molar-refractivity contribution in [3.8, 4) is 28.4 Å². The molecular weight excluding hydrogens is 410 g/mol. The molecule has 0 saturated carbocycles. The monoisotopic (exact) mass is 427 g/mol. The minimum absolute atomic E-state index is 0.497. The molecule has 0 aliphatic rings. The number of fused-ring (bicyclic) bond motifs is 1. The predicted molar refractivity (Wildman–Crippen MR) is 123 cm³/mol. The maximum absolute atomic E-state index is 6.46. The number of halogens is 1. The summed E-state index contributed by atoms with van der Waals surface area (Å²) in [5.41, 5.74) is 4.79. The van der Waals surface area contributed by atoms with Crippen molar-refractivity contribution >= 4 is 28.9 Å². The molecule has 2 aromatic carbocycles. The third kappa shape index (κ3) is 3.69. The van der Waals surface area contributed by atoms with Crippen molar-refractivity contribution in [2.24, 2.45) is 0 Å². The van der Waals surface area contributed by atoms with Gasteiger partial charge in [-0.2, -0.15) is 0 Å². The quantitative estimate of drug-likeness (QED) is 0.380. The van der Waals surface area contributed by atoms with E-state index in [-0.39, 0.29) is 0 Å². The molecule has 152 valence electrons. The van der Waals surface area contributed by atoms with Gasteiger partial charge >= 0.3 is 0 Å². The van der Waals surface area contributed by atoms with Gasteiger partial charge in [-0.15, -0.1) is 0 Å². The van der Waals surface area contributed by atoms with Gasteiger partial charge in [-0.05, 0) is 42.5 Å². The molecule has 0 spiro atoms. The minimum Gasteiger partial charge on any atom is -0.497 e. The molecule has 0 radical (unpaired) electrons. The molecule has 3 aromatic heterocycles. The van der Waals surface area contributed by atoms with Crippen LogP contribution in [0.15, 0.2) is 85.2 Å². The first kappa shape index (κ1) is 19.1. The van der Waals surface area contributed by atoms with Crippen LogP contribution in [-0.2, 0) is 0 Å². The molecule has 7 heteroatoms. The van der Waals surface area contributed by atoms with Gasteiger partial charge in [-0.3, -0.25) is 4.40 Å². The molecule has 5 rings (SSSR count). The van der Waals surface area contributed by atoms with Crippen molar-refractivity contribution < 1.29 is 4.74 Å². The number of benzene rings is 2. The van der Waals surface area contributed by atoms with Crippen LogP contribution in [0.2, 0.25) is 5.02 Å². The zero-order valence-corrected chi connectivity index (χ0v) is 17.4. The Bertz CT molecular complexity index is 1370. The lowest BCUT2D eigenvalue weighted by atomic mass is 10.1. The topological polar surface area (TPSA) is 64.3 Å². The second-order valence-electron chi connectivity index (χ2n) is 6.85. The number of para-hydroxylation sites is 1. The lowest BCUT2D eigenvalue weighted by Crippen LogP contribution is -1.99. The van der Waals surface area contributed by atoms with Crippen LogP contribution in [0.5, 0.6) is 5.75 Å². The smallest absolute Gasteiger partial charge is 0.227 e. The largest absolute Gasteiger partial charge is 0.497 e. The number of hydrogen-bond donors (Lipinski definition) is 1. The normalized spacial score (nSPS) is 10.9. The summed E-state index contributed by atoms with van der Waals surface area (Å²) >= 11 is 6.46. The third-order valence-electron chi connectivity index (χ3n) is 4.87. The second kappa shape index (κ2) is 8.08. The lowest BCUT2D eigenvalue weighted by molar-refractivity contribution is 0.415. The molecule has 0 bridgehead atoms. The second-order valence-corrected chi connectivity index (χ2v) is 7.25. The number of pyridine rings is 1. The van der Waals surface area contributed by atoms with E-state index >= 15 is 0 Å². The Labute approximate surface area is 184 Å². The molecule has 1 N–H and O–H groups in total. The van der Waals surface area contributed by atoms with Crippen LogP contribution in [0.4, 0.5) is 11.6 Å². The summed E-state index contributed by atoms with van der Waals surface area (Å²) in [6.07, 6.45) is 3.66. The van der Waals surface area contributed by atoms with Gasteiger partial charge < -0.3 is 10.1 Å². The number of imidazole rings is 1. The zero-order chi connectivity index (χ0) is 21.2. The summed E-state index contributed by atoms with van der Waals surface area (Å²) in [6, 6.07) is 23.2. The highest BCUT2D eigenvalue weighted by Gasteiger charge is 2.19. The van der Waals surface area contributed by atoms with E-state index in [1.54, 1.807) is 13.3 Å². The highest BCUT2D eigenvalue weighted by Crippen LogP contribution is 2.35. The van der Waals surface area contributed by atoms with Crippen molar-refractivity contribution in [2.75, 3.05) is 12.4 Å². The van der Waals surface area contributed by atoms with Gasteiger partial charge in [0.2, 0.25) is 5.95 Å². The molecule has 0 atom stereocenters. The van der Waals surface area contributed by atoms with E-state index in [4.69, 9.17) is 26.3 Å². The maximum atomic E-state index is 6.46. The molecule has 3 heterocycles. The van der Waals surface area contributed by atoms with Crippen LogP contribution >= 0.6 is 11.6 Å². The molecule has 0 aliphatic carbocycles. The molecule has 0 saturated heterocycles. The van der Waals surface area contributed by atoms with Crippen LogP contribution in [-0.4, -0.2) is 26.5 Å². The number of nitrogens with zero attached hydrogens (tertiary/aromatic N) is 4. The SMILES string of the molecule is COc1cccc(-c2nc3c(Cl)cccn3c2-c2ccnc(Nc3ccccc3)n2)c1. The van der Waals surface area contributed by atoms with E-state index in [0.29, 0.717) is 16.6 Å². The van der Waals surface area contributed by atoms with Gasteiger partial charge in [-0.25, -0.2) is 15.0 Å². The average molecular weight is 428 g/mol. The highest BCUT2D eigenvalue weighted by atomic mass is 35.5. The summed E-state index contributed by atoms with van der Waals surface area (Å²) in [5.74, 6) is 1.25. The standard InChI is InChI=1S/C24H18ClN5O/c1-31-18-10-5-7-16(15-18)21-22(30-14-6-11-19(25)23(30)29-21)20-12-13-26-24(28-20)27-17-8-3-2-4-9-17/h2-15H,1H3,(H,26,27,28). The highest BCUT2D eigenvalue weighted by molar-refractivity contribution is 6.33. The molecule has 5 aromatic rings. The number of aromatic nitrogens is 4. The van der Waals surface area contributed by atoms with Crippen molar-refractivity contribution in [2.45, 2.75) is 0 Å². The van der Waals surface area contributed by atoms with Crippen LogP contribution in [0.25, 0.3) is 28.3 Å². The van der Waals surface area contributed by atoms with Crippen LogP contribution in [0.3, 0.4) is 0 Å². The summed E-state index contributed by atoms with van der Waals surface area (Å²) < 4.78 is 7.36. The third-order valence-corrected chi connectivity index (χ3v) is 5.17. The maximum Gasteiger partial charge on any atom is 0.227 e. The molecular formula is C24H18ClN5O. The van der Waals surface area contributed by atoms with Gasteiger partial charge in [0.15, 0.2) is 5.65 Å². The van der Waals surface area contributed by atoms with Crippen molar-refractivity contribution in [1.82, 2.24) is 19.4 Å². The van der Waals surface area contributed by atoms with E-state index in [0.717, 1.165) is 34.1 Å². The first-order valence-electron chi connectivity index (χ1n) is 9.69. The van der Waals surface area contributed by atoms with Crippen molar-refractivity contribution in [1.29, 1.82) is 0 Å². The summed E-state index contributed by atoms with van der Waals surface area (Å²) in [7, 11) is 1.65. The van der Waals surface area contributed by atoms with E-state index in [2.05, 4.69) is 10.3 Å². The van der Waals surface area contributed by atoms with E-state index < -0.39 is 0 Å². The molecule has 0 fully saturated rings. The minimum atomic E-state index is 0.497. The fraction of sp³-hybridized carbons (Fsp3) is 0.0417. The van der Waals surface area contributed by atoms with E-state index in [1.165, 1.54) is 0 Å².